The Hall–Kier alpha value is -2.63. The Morgan fingerprint density at radius 3 is 2.44 bits per heavy atom. The van der Waals surface area contributed by atoms with Crippen molar-refractivity contribution in [3.05, 3.63) is 29.4 Å². The van der Waals surface area contributed by atoms with Gasteiger partial charge in [0.05, 0.1) is 19.9 Å². The lowest BCUT2D eigenvalue weighted by molar-refractivity contribution is -0.133. The van der Waals surface area contributed by atoms with Gasteiger partial charge in [0.15, 0.2) is 0 Å². The molecule has 0 bridgehead atoms. The van der Waals surface area contributed by atoms with E-state index in [4.69, 9.17) is 22.1 Å². The van der Waals surface area contributed by atoms with Gasteiger partial charge in [-0.25, -0.2) is 13.4 Å². The quantitative estimate of drug-likeness (QED) is 0.620. The fraction of sp³-hybridized carbons (Fsp3) is 0.500. The molecule has 2 aliphatic heterocycles. The van der Waals surface area contributed by atoms with E-state index in [-0.39, 0.29) is 32.3 Å². The maximum atomic E-state index is 13.2. The first kappa shape index (κ1) is 24.5. The van der Waals surface area contributed by atoms with Crippen molar-refractivity contribution in [1.29, 1.82) is 0 Å². The van der Waals surface area contributed by atoms with Gasteiger partial charge in [-0.3, -0.25) is 9.69 Å². The maximum Gasteiger partial charge on any atom is 0.236 e. The number of hydrogen-bond donors (Lipinski definition) is 1. The molecule has 0 aliphatic carbocycles. The van der Waals surface area contributed by atoms with Crippen molar-refractivity contribution >= 4 is 39.1 Å². The van der Waals surface area contributed by atoms with Crippen LogP contribution in [0, 0.1) is 0 Å². The number of methoxy groups -OCH3 is 1. The summed E-state index contributed by atoms with van der Waals surface area (Å²) in [7, 11) is -2.66. The number of halogens is 1. The van der Waals surface area contributed by atoms with E-state index in [2.05, 4.69) is 14.9 Å². The molecule has 2 aromatic rings. The van der Waals surface area contributed by atoms with Crippen molar-refractivity contribution in [3.63, 3.8) is 0 Å². The van der Waals surface area contributed by atoms with E-state index in [1.54, 1.807) is 6.07 Å². The number of aromatic nitrogens is 2. The maximum absolute atomic E-state index is 13.2. The van der Waals surface area contributed by atoms with Crippen LogP contribution in [0.4, 0.5) is 11.8 Å². The van der Waals surface area contributed by atoms with Crippen molar-refractivity contribution in [1.82, 2.24) is 19.8 Å². The number of carbonyl (C=O) groups excluding carboxylic acids is 1. The third-order valence-electron chi connectivity index (χ3n) is 6.20. The van der Waals surface area contributed by atoms with Crippen molar-refractivity contribution < 1.29 is 17.9 Å². The van der Waals surface area contributed by atoms with Crippen molar-refractivity contribution in [2.75, 3.05) is 63.6 Å². The monoisotopic (exact) mass is 508 g/mol. The van der Waals surface area contributed by atoms with Gasteiger partial charge in [-0.15, -0.1) is 0 Å². The number of nitrogens with zero attached hydrogens (tertiary/aromatic N) is 5. The van der Waals surface area contributed by atoms with E-state index in [0.717, 1.165) is 25.9 Å². The molecule has 34 heavy (non-hydrogen) atoms. The second-order valence-electron chi connectivity index (χ2n) is 8.42. The molecular formula is C22H29ClN6O4S. The number of piperazine rings is 1. The van der Waals surface area contributed by atoms with E-state index in [1.807, 2.05) is 9.80 Å². The van der Waals surface area contributed by atoms with E-state index in [1.165, 1.54) is 31.9 Å². The van der Waals surface area contributed by atoms with Gasteiger partial charge in [0.1, 0.15) is 21.4 Å². The number of hydrogen-bond acceptors (Lipinski definition) is 9. The second-order valence-corrected chi connectivity index (χ2v) is 10.7. The second kappa shape index (κ2) is 10.3. The van der Waals surface area contributed by atoms with E-state index < -0.39 is 9.84 Å². The zero-order valence-corrected chi connectivity index (χ0v) is 20.7. The van der Waals surface area contributed by atoms with Crippen LogP contribution in [-0.4, -0.2) is 87.0 Å². The lowest BCUT2D eigenvalue weighted by Gasteiger charge is -2.36. The van der Waals surface area contributed by atoms with Gasteiger partial charge in [-0.2, -0.15) is 4.98 Å². The molecule has 1 amide bonds. The van der Waals surface area contributed by atoms with Gasteiger partial charge in [0, 0.05) is 44.3 Å². The molecule has 12 heteroatoms. The zero-order chi connectivity index (χ0) is 24.3. The van der Waals surface area contributed by atoms with Crippen LogP contribution in [0.3, 0.4) is 0 Å². The lowest BCUT2D eigenvalue weighted by atomic mass is 10.1. The molecule has 0 saturated carbocycles. The minimum atomic E-state index is -4.04. The summed E-state index contributed by atoms with van der Waals surface area (Å²) in [5.74, 6) is 0.550. The molecule has 0 radical (unpaired) electrons. The molecule has 2 aliphatic rings. The van der Waals surface area contributed by atoms with Gasteiger partial charge in [0.2, 0.25) is 21.7 Å². The van der Waals surface area contributed by atoms with E-state index in [0.29, 0.717) is 38.7 Å². The number of amides is 1. The molecule has 2 N–H and O–H groups in total. The molecule has 3 heterocycles. The minimum Gasteiger partial charge on any atom is -0.495 e. The van der Waals surface area contributed by atoms with Crippen molar-refractivity contribution in [3.8, 4) is 5.75 Å². The number of likely N-dealkylation sites (tertiary alicyclic amines) is 1. The molecule has 0 unspecified atom stereocenters. The Bertz CT molecular complexity index is 1150. The summed E-state index contributed by atoms with van der Waals surface area (Å²) >= 11 is 6.00. The first-order valence-electron chi connectivity index (χ1n) is 11.3. The predicted octanol–water partition coefficient (Wildman–Crippen LogP) is 1.69. The average molecular weight is 509 g/mol. The SMILES string of the molecule is COc1ccc(Cl)cc1S(=O)(=O)c1cnc(N2CCN(CC(=O)N3CCCCC3)CC2)nc1N. The van der Waals surface area contributed by atoms with Gasteiger partial charge < -0.3 is 20.3 Å². The van der Waals surface area contributed by atoms with Crippen LogP contribution in [-0.2, 0) is 14.6 Å². The molecule has 2 fully saturated rings. The van der Waals surface area contributed by atoms with E-state index >= 15 is 0 Å². The summed E-state index contributed by atoms with van der Waals surface area (Å²) in [6, 6.07) is 4.34. The Morgan fingerprint density at radius 1 is 1.09 bits per heavy atom. The third kappa shape index (κ3) is 5.21. The van der Waals surface area contributed by atoms with Crippen LogP contribution in [0.5, 0.6) is 5.75 Å². The highest BCUT2D eigenvalue weighted by atomic mass is 35.5. The molecule has 1 aromatic carbocycles. The summed E-state index contributed by atoms with van der Waals surface area (Å²) in [6.07, 6.45) is 4.57. The largest absolute Gasteiger partial charge is 0.495 e. The number of piperidine rings is 1. The number of rotatable bonds is 6. The van der Waals surface area contributed by atoms with Crippen LogP contribution >= 0.6 is 11.6 Å². The molecule has 2 saturated heterocycles. The van der Waals surface area contributed by atoms with Gasteiger partial charge in [-0.05, 0) is 37.5 Å². The molecule has 4 rings (SSSR count). The highest BCUT2D eigenvalue weighted by molar-refractivity contribution is 7.91. The van der Waals surface area contributed by atoms with Gasteiger partial charge in [-0.1, -0.05) is 11.6 Å². The fourth-order valence-electron chi connectivity index (χ4n) is 4.25. The van der Waals surface area contributed by atoms with Crippen LogP contribution in [0.15, 0.2) is 34.2 Å². The molecular weight excluding hydrogens is 480 g/mol. The average Bonchev–Trinajstić information content (AvgIpc) is 2.84. The molecule has 0 atom stereocenters. The Kier molecular flexibility index (Phi) is 7.44. The molecule has 10 nitrogen and oxygen atoms in total. The summed E-state index contributed by atoms with van der Waals surface area (Å²) < 4.78 is 31.6. The Morgan fingerprint density at radius 2 is 1.79 bits per heavy atom. The molecule has 184 valence electrons. The first-order valence-corrected chi connectivity index (χ1v) is 13.1. The number of sulfone groups is 1. The van der Waals surface area contributed by atoms with Crippen LogP contribution < -0.4 is 15.4 Å². The molecule has 1 aromatic heterocycles. The number of anilines is 2. The highest BCUT2D eigenvalue weighted by Crippen LogP contribution is 2.33. The van der Waals surface area contributed by atoms with E-state index in [9.17, 15) is 13.2 Å². The van der Waals surface area contributed by atoms with Gasteiger partial charge in [0.25, 0.3) is 0 Å². The number of carbonyl (C=O) groups is 1. The summed E-state index contributed by atoms with van der Waals surface area (Å²) in [5, 5.41) is 0.257. The fourth-order valence-corrected chi connectivity index (χ4v) is 5.94. The Balaban J connectivity index is 1.43. The first-order chi connectivity index (χ1) is 16.3. The van der Waals surface area contributed by atoms with Crippen molar-refractivity contribution in [2.45, 2.75) is 29.1 Å². The number of nitrogen functional groups attached to an aromatic ring is 1. The normalized spacial score (nSPS) is 17.6. The Labute approximate surface area is 204 Å². The lowest BCUT2D eigenvalue weighted by Crippen LogP contribution is -2.51. The zero-order valence-electron chi connectivity index (χ0n) is 19.1. The summed E-state index contributed by atoms with van der Waals surface area (Å²) in [4.78, 5) is 26.8. The smallest absolute Gasteiger partial charge is 0.236 e. The van der Waals surface area contributed by atoms with Crippen LogP contribution in [0.2, 0.25) is 5.02 Å². The standard InChI is InChI=1S/C22H29ClN6O4S/c1-33-17-6-5-16(23)13-18(17)34(31,32)19-14-25-22(26-21(19)24)29-11-9-27(10-12-29)15-20(30)28-7-3-2-4-8-28/h5-6,13-14H,2-4,7-12,15H2,1H3,(H2,24,25,26). The topological polar surface area (TPSA) is 122 Å². The number of benzene rings is 1. The molecule has 0 spiro atoms. The number of ether oxygens (including phenoxy) is 1. The van der Waals surface area contributed by atoms with Crippen LogP contribution in [0.25, 0.3) is 0 Å². The van der Waals surface area contributed by atoms with Gasteiger partial charge >= 0.3 is 0 Å². The third-order valence-corrected chi connectivity index (χ3v) is 8.22. The van der Waals surface area contributed by atoms with Crippen LogP contribution in [0.1, 0.15) is 19.3 Å². The van der Waals surface area contributed by atoms with Crippen molar-refractivity contribution in [2.24, 2.45) is 0 Å². The highest BCUT2D eigenvalue weighted by Gasteiger charge is 2.28. The predicted molar refractivity (Wildman–Crippen MR) is 129 cm³/mol. The summed E-state index contributed by atoms with van der Waals surface area (Å²) in [5.41, 5.74) is 6.07. The number of nitrogens with two attached hydrogens (primary N) is 1. The minimum absolute atomic E-state index is 0.0995. The summed E-state index contributed by atoms with van der Waals surface area (Å²) in [6.45, 7) is 4.70.